The van der Waals surface area contributed by atoms with Gasteiger partial charge in [0.1, 0.15) is 12.4 Å². The molecule has 0 bridgehead atoms. The molecule has 6 aromatic rings. The molecular formula is C39H37N5O5Si. The standard InChI is InChI=1S/C39H37N5O5Si/c1-39(2,3)50(29-20-12-6-13-21-29,30-22-14-7-15-23-30)49-31-24-47-37(33(31)48-38(46)28-18-10-5-11-19-28)44-26-42-32-34(40-25-41-35(32)44)43-36(45)27-16-8-4-9-17-27/h4-23,25-26,31,33,37H,24H2,1-3H3,(H,40,41,43,45)/t31-,33+,37+/m0/s1. The first kappa shape index (κ1) is 33.0. The molecule has 0 radical (unpaired) electrons. The van der Waals surface area contributed by atoms with E-state index in [1.54, 1.807) is 59.4 Å². The molecule has 11 heteroatoms. The molecule has 1 amide bonds. The zero-order chi connectivity index (χ0) is 34.7. The summed E-state index contributed by atoms with van der Waals surface area (Å²) in [5.74, 6) is -0.582. The number of amides is 1. The maximum atomic E-state index is 13.7. The minimum Gasteiger partial charge on any atom is -0.451 e. The molecule has 10 nitrogen and oxygen atoms in total. The molecule has 1 fully saturated rings. The molecule has 2 aromatic heterocycles. The smallest absolute Gasteiger partial charge is 0.338 e. The number of ether oxygens (including phenoxy) is 2. The number of carbonyl (C=O) groups is 2. The summed E-state index contributed by atoms with van der Waals surface area (Å²) in [4.78, 5) is 40.2. The lowest BCUT2D eigenvalue weighted by atomic mass is 10.2. The highest BCUT2D eigenvalue weighted by Crippen LogP contribution is 2.41. The molecular weight excluding hydrogens is 647 g/mol. The van der Waals surface area contributed by atoms with E-state index in [4.69, 9.17) is 13.9 Å². The molecule has 0 spiro atoms. The van der Waals surface area contributed by atoms with Crippen LogP contribution in [0.25, 0.3) is 11.2 Å². The van der Waals surface area contributed by atoms with Gasteiger partial charge in [0.25, 0.3) is 14.2 Å². The summed E-state index contributed by atoms with van der Waals surface area (Å²) < 4.78 is 22.0. The average molecular weight is 684 g/mol. The maximum Gasteiger partial charge on any atom is 0.338 e. The van der Waals surface area contributed by atoms with Crippen LogP contribution < -0.4 is 15.7 Å². The molecule has 3 atom stereocenters. The zero-order valence-corrected chi connectivity index (χ0v) is 29.0. The van der Waals surface area contributed by atoms with E-state index in [1.165, 1.54) is 6.33 Å². The van der Waals surface area contributed by atoms with Crippen molar-refractivity contribution >= 4 is 47.5 Å². The van der Waals surface area contributed by atoms with E-state index < -0.39 is 32.7 Å². The molecule has 0 unspecified atom stereocenters. The van der Waals surface area contributed by atoms with E-state index in [1.807, 2.05) is 48.5 Å². The highest BCUT2D eigenvalue weighted by Gasteiger charge is 2.55. The van der Waals surface area contributed by atoms with E-state index in [0.717, 1.165) is 10.4 Å². The van der Waals surface area contributed by atoms with Crippen LogP contribution in [-0.4, -0.2) is 58.5 Å². The maximum absolute atomic E-state index is 13.7. The van der Waals surface area contributed by atoms with Gasteiger partial charge in [0, 0.05) is 5.56 Å². The lowest BCUT2D eigenvalue weighted by Gasteiger charge is -2.45. The van der Waals surface area contributed by atoms with E-state index in [0.29, 0.717) is 22.3 Å². The molecule has 1 N–H and O–H groups in total. The largest absolute Gasteiger partial charge is 0.451 e. The van der Waals surface area contributed by atoms with Crippen LogP contribution in [0.5, 0.6) is 0 Å². The van der Waals surface area contributed by atoms with Crippen LogP contribution in [0.4, 0.5) is 5.82 Å². The average Bonchev–Trinajstić information content (AvgIpc) is 3.75. The van der Waals surface area contributed by atoms with Crippen molar-refractivity contribution in [3.63, 3.8) is 0 Å². The van der Waals surface area contributed by atoms with Gasteiger partial charge in [-0.1, -0.05) is 118 Å². The number of imidazole rings is 1. The second kappa shape index (κ2) is 13.8. The Morgan fingerprint density at radius 1 is 0.780 bits per heavy atom. The van der Waals surface area contributed by atoms with Gasteiger partial charge in [0.05, 0.1) is 18.5 Å². The number of anilines is 1. The molecule has 1 saturated heterocycles. The van der Waals surface area contributed by atoms with Gasteiger partial charge in [-0.05, 0) is 39.7 Å². The number of carbonyl (C=O) groups excluding carboxylic acids is 2. The molecule has 0 saturated carbocycles. The third-order valence-corrected chi connectivity index (χ3v) is 14.0. The van der Waals surface area contributed by atoms with Crippen LogP contribution in [0.1, 0.15) is 47.7 Å². The summed E-state index contributed by atoms with van der Waals surface area (Å²) >= 11 is 0. The number of hydrogen-bond acceptors (Lipinski definition) is 8. The number of nitrogens with one attached hydrogen (secondary N) is 1. The Balaban J connectivity index is 1.29. The fraction of sp³-hybridized carbons (Fsp3) is 0.205. The highest BCUT2D eigenvalue weighted by atomic mass is 28.4. The van der Waals surface area contributed by atoms with Crippen molar-refractivity contribution in [1.82, 2.24) is 19.5 Å². The molecule has 1 aliphatic rings. The van der Waals surface area contributed by atoms with E-state index >= 15 is 0 Å². The van der Waals surface area contributed by atoms with Gasteiger partial charge in [0.2, 0.25) is 0 Å². The van der Waals surface area contributed by atoms with E-state index in [-0.39, 0.29) is 23.4 Å². The van der Waals surface area contributed by atoms with Gasteiger partial charge >= 0.3 is 5.97 Å². The van der Waals surface area contributed by atoms with E-state index in [2.05, 4.69) is 65.3 Å². The Kier molecular flexibility index (Phi) is 9.11. The van der Waals surface area contributed by atoms with Crippen LogP contribution in [0.15, 0.2) is 134 Å². The first-order chi connectivity index (χ1) is 24.3. The lowest BCUT2D eigenvalue weighted by molar-refractivity contribution is -0.0387. The quantitative estimate of drug-likeness (QED) is 0.151. The monoisotopic (exact) mass is 683 g/mol. The molecule has 0 aliphatic carbocycles. The minimum absolute atomic E-state index is 0.143. The van der Waals surface area contributed by atoms with Gasteiger partial charge in [0.15, 0.2) is 29.3 Å². The van der Waals surface area contributed by atoms with Crippen molar-refractivity contribution in [2.45, 2.75) is 44.2 Å². The van der Waals surface area contributed by atoms with Gasteiger partial charge < -0.3 is 19.2 Å². The van der Waals surface area contributed by atoms with Crippen molar-refractivity contribution < 1.29 is 23.5 Å². The van der Waals surface area contributed by atoms with Crippen molar-refractivity contribution in [3.8, 4) is 0 Å². The second-order valence-corrected chi connectivity index (χ2v) is 17.4. The topological polar surface area (TPSA) is 117 Å². The van der Waals surface area contributed by atoms with Crippen LogP contribution in [-0.2, 0) is 13.9 Å². The Labute approximate surface area is 291 Å². The SMILES string of the molecule is CC(C)(C)[Si](O[C@H]1CO[C@@H](n2cnc3c(NC(=O)c4ccccc4)ncnc32)[C@@H]1OC(=O)c1ccccc1)(c1ccccc1)c1ccccc1. The van der Waals surface area contributed by atoms with Crippen LogP contribution >= 0.6 is 0 Å². The number of fused-ring (bicyclic) bond motifs is 1. The minimum atomic E-state index is -3.08. The number of esters is 1. The Bertz CT molecular complexity index is 2050. The number of aromatic nitrogens is 4. The van der Waals surface area contributed by atoms with Crippen molar-refractivity contribution in [2.75, 3.05) is 11.9 Å². The summed E-state index contributed by atoms with van der Waals surface area (Å²) in [5.41, 5.74) is 1.66. The number of hydrogen-bond donors (Lipinski definition) is 1. The van der Waals surface area contributed by atoms with Gasteiger partial charge in [-0.15, -0.1) is 0 Å². The fourth-order valence-corrected chi connectivity index (χ4v) is 11.3. The molecule has 7 rings (SSSR count). The van der Waals surface area contributed by atoms with Crippen LogP contribution in [0.2, 0.25) is 5.04 Å². The Hall–Kier alpha value is -5.49. The summed E-state index contributed by atoms with van der Waals surface area (Å²) in [6, 6.07) is 38.3. The molecule has 3 heterocycles. The first-order valence-electron chi connectivity index (χ1n) is 16.5. The Morgan fingerprint density at radius 3 is 1.92 bits per heavy atom. The van der Waals surface area contributed by atoms with Crippen molar-refractivity contribution in [1.29, 1.82) is 0 Å². The highest BCUT2D eigenvalue weighted by molar-refractivity contribution is 6.99. The third-order valence-electron chi connectivity index (χ3n) is 8.98. The molecule has 4 aromatic carbocycles. The summed E-state index contributed by atoms with van der Waals surface area (Å²) in [7, 11) is -3.08. The first-order valence-corrected chi connectivity index (χ1v) is 18.4. The lowest BCUT2D eigenvalue weighted by Crippen LogP contribution is -2.68. The van der Waals surface area contributed by atoms with Gasteiger partial charge in [-0.2, -0.15) is 0 Å². The third kappa shape index (κ3) is 6.22. The number of benzene rings is 4. The Morgan fingerprint density at radius 2 is 1.34 bits per heavy atom. The van der Waals surface area contributed by atoms with E-state index in [9.17, 15) is 9.59 Å². The zero-order valence-electron chi connectivity index (χ0n) is 28.0. The van der Waals surface area contributed by atoms with Gasteiger partial charge in [-0.25, -0.2) is 19.7 Å². The second-order valence-electron chi connectivity index (χ2n) is 13.1. The van der Waals surface area contributed by atoms with Gasteiger partial charge in [-0.3, -0.25) is 9.36 Å². The van der Waals surface area contributed by atoms with Crippen molar-refractivity contribution in [3.05, 3.63) is 145 Å². The summed E-state index contributed by atoms with van der Waals surface area (Å²) in [6.45, 7) is 6.74. The molecule has 50 heavy (non-hydrogen) atoms. The number of rotatable bonds is 9. The normalized spacial score (nSPS) is 17.8. The number of nitrogens with zero attached hydrogens (tertiary/aromatic N) is 4. The summed E-state index contributed by atoms with van der Waals surface area (Å²) in [5, 5.41) is 4.71. The summed E-state index contributed by atoms with van der Waals surface area (Å²) in [6.07, 6.45) is 0.534. The van der Waals surface area contributed by atoms with Crippen LogP contribution in [0.3, 0.4) is 0 Å². The van der Waals surface area contributed by atoms with Crippen molar-refractivity contribution in [2.24, 2.45) is 0 Å². The fourth-order valence-electron chi connectivity index (χ4n) is 6.62. The predicted octanol–water partition coefficient (Wildman–Crippen LogP) is 5.78. The predicted molar refractivity (Wildman–Crippen MR) is 193 cm³/mol. The van der Waals surface area contributed by atoms with Crippen LogP contribution in [0, 0.1) is 0 Å². The molecule has 252 valence electrons. The molecule has 1 aliphatic heterocycles.